The van der Waals surface area contributed by atoms with Crippen LogP contribution in [0.1, 0.15) is 19.3 Å². The molecule has 0 bridgehead atoms. The van der Waals surface area contributed by atoms with Crippen LogP contribution in [0, 0.1) is 5.92 Å². The van der Waals surface area contributed by atoms with Crippen molar-refractivity contribution in [2.45, 2.75) is 19.3 Å². The fourth-order valence-electron chi connectivity index (χ4n) is 1.88. The third-order valence-corrected chi connectivity index (χ3v) is 3.19. The lowest BCUT2D eigenvalue weighted by atomic mass is 9.85. The minimum absolute atomic E-state index is 0.0233. The van der Waals surface area contributed by atoms with Crippen LogP contribution in [-0.4, -0.2) is 16.0 Å². The molecule has 0 atom stereocenters. The van der Waals surface area contributed by atoms with Gasteiger partial charge in [-0.1, -0.05) is 11.6 Å². The summed E-state index contributed by atoms with van der Waals surface area (Å²) in [5.74, 6) is 0.554. The molecule has 2 aromatic rings. The average molecular weight is 243 g/mol. The zero-order valence-corrected chi connectivity index (χ0v) is 9.80. The van der Waals surface area contributed by atoms with E-state index in [0.717, 1.165) is 24.8 Å². The number of rotatable bonds is 3. The Kier molecular flexibility index (Phi) is 2.80. The SMILES string of the molecule is O=C(Nc1cc(-c2cccnc2)no1)C1CCC1. The maximum Gasteiger partial charge on any atom is 0.231 e. The second-order valence-corrected chi connectivity index (χ2v) is 4.44. The summed E-state index contributed by atoms with van der Waals surface area (Å²) < 4.78 is 5.10. The standard InChI is InChI=1S/C13H13N3O2/c17-13(9-3-1-4-9)15-12-7-11(16-18-12)10-5-2-6-14-8-10/h2,5-9H,1,3-4H2,(H,15,17). The minimum atomic E-state index is 0.0233. The van der Waals surface area contributed by atoms with E-state index in [4.69, 9.17) is 4.52 Å². The van der Waals surface area contributed by atoms with Gasteiger partial charge in [0, 0.05) is 29.9 Å². The minimum Gasteiger partial charge on any atom is -0.338 e. The van der Waals surface area contributed by atoms with Gasteiger partial charge in [0.2, 0.25) is 11.8 Å². The maximum absolute atomic E-state index is 11.7. The first-order valence-corrected chi connectivity index (χ1v) is 6.01. The highest BCUT2D eigenvalue weighted by Gasteiger charge is 2.26. The zero-order valence-electron chi connectivity index (χ0n) is 9.80. The quantitative estimate of drug-likeness (QED) is 0.899. The smallest absolute Gasteiger partial charge is 0.231 e. The first kappa shape index (κ1) is 11.0. The van der Waals surface area contributed by atoms with Crippen molar-refractivity contribution >= 4 is 11.8 Å². The van der Waals surface area contributed by atoms with Crippen molar-refractivity contribution in [3.05, 3.63) is 30.6 Å². The number of pyridine rings is 1. The molecular formula is C13H13N3O2. The molecule has 5 heteroatoms. The first-order valence-electron chi connectivity index (χ1n) is 6.01. The number of nitrogens with zero attached hydrogens (tertiary/aromatic N) is 2. The Labute approximate surface area is 104 Å². The van der Waals surface area contributed by atoms with Crippen LogP contribution in [0.5, 0.6) is 0 Å². The van der Waals surface area contributed by atoms with Crippen LogP contribution in [0.15, 0.2) is 35.1 Å². The monoisotopic (exact) mass is 243 g/mol. The van der Waals surface area contributed by atoms with E-state index in [2.05, 4.69) is 15.5 Å². The predicted molar refractivity (Wildman–Crippen MR) is 65.7 cm³/mol. The fraction of sp³-hybridized carbons (Fsp3) is 0.308. The fourth-order valence-corrected chi connectivity index (χ4v) is 1.88. The number of anilines is 1. The van der Waals surface area contributed by atoms with E-state index in [0.29, 0.717) is 11.6 Å². The molecule has 2 aromatic heterocycles. The normalized spacial score (nSPS) is 15.1. The molecule has 1 saturated carbocycles. The van der Waals surface area contributed by atoms with Crippen molar-refractivity contribution < 1.29 is 9.32 Å². The molecule has 3 rings (SSSR count). The van der Waals surface area contributed by atoms with Gasteiger partial charge < -0.3 is 4.52 Å². The van der Waals surface area contributed by atoms with Crippen molar-refractivity contribution in [3.63, 3.8) is 0 Å². The molecule has 0 radical (unpaired) electrons. The van der Waals surface area contributed by atoms with Crippen LogP contribution >= 0.6 is 0 Å². The predicted octanol–water partition coefficient (Wildman–Crippen LogP) is 2.48. The van der Waals surface area contributed by atoms with Gasteiger partial charge in [-0.15, -0.1) is 0 Å². The van der Waals surface area contributed by atoms with Gasteiger partial charge in [-0.05, 0) is 25.0 Å². The molecule has 1 amide bonds. The summed E-state index contributed by atoms with van der Waals surface area (Å²) >= 11 is 0. The second kappa shape index (κ2) is 4.60. The third kappa shape index (κ3) is 2.11. The van der Waals surface area contributed by atoms with Gasteiger partial charge in [0.05, 0.1) is 0 Å². The van der Waals surface area contributed by atoms with Gasteiger partial charge in [0.1, 0.15) is 5.69 Å². The maximum atomic E-state index is 11.7. The van der Waals surface area contributed by atoms with E-state index in [1.54, 1.807) is 18.5 Å². The Morgan fingerprint density at radius 3 is 3.00 bits per heavy atom. The molecule has 0 saturated heterocycles. The van der Waals surface area contributed by atoms with E-state index in [1.165, 1.54) is 0 Å². The topological polar surface area (TPSA) is 68.0 Å². The molecule has 1 aliphatic rings. The number of aromatic nitrogens is 2. The molecule has 0 aromatic carbocycles. The number of nitrogens with one attached hydrogen (secondary N) is 1. The summed E-state index contributed by atoms with van der Waals surface area (Å²) in [5, 5.41) is 6.66. The summed E-state index contributed by atoms with van der Waals surface area (Å²) in [4.78, 5) is 15.7. The van der Waals surface area contributed by atoms with Gasteiger partial charge >= 0.3 is 0 Å². The van der Waals surface area contributed by atoms with Crippen molar-refractivity contribution in [1.82, 2.24) is 10.1 Å². The molecule has 1 fully saturated rings. The van der Waals surface area contributed by atoms with Crippen LogP contribution in [-0.2, 0) is 4.79 Å². The summed E-state index contributed by atoms with van der Waals surface area (Å²) in [6, 6.07) is 5.44. The van der Waals surface area contributed by atoms with E-state index in [-0.39, 0.29) is 11.8 Å². The summed E-state index contributed by atoms with van der Waals surface area (Å²) in [5.41, 5.74) is 1.54. The lowest BCUT2D eigenvalue weighted by molar-refractivity contribution is -0.122. The van der Waals surface area contributed by atoms with Gasteiger partial charge in [-0.25, -0.2) is 0 Å². The Balaban J connectivity index is 1.71. The first-order chi connectivity index (χ1) is 8.83. The number of amides is 1. The Morgan fingerprint density at radius 2 is 2.33 bits per heavy atom. The van der Waals surface area contributed by atoms with Crippen molar-refractivity contribution in [2.24, 2.45) is 5.92 Å². The number of hydrogen-bond acceptors (Lipinski definition) is 4. The Hall–Kier alpha value is -2.17. The summed E-state index contributed by atoms with van der Waals surface area (Å²) in [7, 11) is 0. The van der Waals surface area contributed by atoms with Crippen molar-refractivity contribution in [2.75, 3.05) is 5.32 Å². The molecular weight excluding hydrogens is 230 g/mol. The molecule has 0 aliphatic heterocycles. The molecule has 5 nitrogen and oxygen atoms in total. The number of hydrogen-bond donors (Lipinski definition) is 1. The molecule has 0 unspecified atom stereocenters. The summed E-state index contributed by atoms with van der Waals surface area (Å²) in [6.45, 7) is 0. The van der Waals surface area contributed by atoms with E-state index < -0.39 is 0 Å². The zero-order chi connectivity index (χ0) is 12.4. The second-order valence-electron chi connectivity index (χ2n) is 4.44. The van der Waals surface area contributed by atoms with Gasteiger partial charge in [0.25, 0.3) is 0 Å². The lowest BCUT2D eigenvalue weighted by Crippen LogP contribution is -2.27. The van der Waals surface area contributed by atoms with Crippen LogP contribution in [0.2, 0.25) is 0 Å². The number of carbonyl (C=O) groups excluding carboxylic acids is 1. The van der Waals surface area contributed by atoms with E-state index >= 15 is 0 Å². The summed E-state index contributed by atoms with van der Waals surface area (Å²) in [6.07, 6.45) is 6.47. The van der Waals surface area contributed by atoms with Gasteiger partial charge in [0.15, 0.2) is 0 Å². The molecule has 1 aliphatic carbocycles. The van der Waals surface area contributed by atoms with E-state index in [1.807, 2.05) is 12.1 Å². The van der Waals surface area contributed by atoms with Gasteiger partial charge in [-0.3, -0.25) is 15.1 Å². The molecule has 2 heterocycles. The highest BCUT2D eigenvalue weighted by Crippen LogP contribution is 2.28. The Bertz CT molecular complexity index is 546. The highest BCUT2D eigenvalue weighted by molar-refractivity contribution is 5.92. The van der Waals surface area contributed by atoms with Crippen molar-refractivity contribution in [3.8, 4) is 11.3 Å². The largest absolute Gasteiger partial charge is 0.338 e. The average Bonchev–Trinajstić information content (AvgIpc) is 2.76. The van der Waals surface area contributed by atoms with Crippen LogP contribution in [0.4, 0.5) is 5.88 Å². The molecule has 0 spiro atoms. The molecule has 92 valence electrons. The van der Waals surface area contributed by atoms with Crippen LogP contribution in [0.25, 0.3) is 11.3 Å². The number of carbonyl (C=O) groups is 1. The third-order valence-electron chi connectivity index (χ3n) is 3.19. The Morgan fingerprint density at radius 1 is 1.44 bits per heavy atom. The lowest BCUT2D eigenvalue weighted by Gasteiger charge is -2.23. The van der Waals surface area contributed by atoms with Crippen LogP contribution < -0.4 is 5.32 Å². The van der Waals surface area contributed by atoms with E-state index in [9.17, 15) is 4.79 Å². The van der Waals surface area contributed by atoms with Crippen LogP contribution in [0.3, 0.4) is 0 Å². The molecule has 1 N–H and O–H groups in total. The molecule has 18 heavy (non-hydrogen) atoms. The van der Waals surface area contributed by atoms with Crippen molar-refractivity contribution in [1.29, 1.82) is 0 Å². The van der Waals surface area contributed by atoms with Gasteiger partial charge in [-0.2, -0.15) is 0 Å². The highest BCUT2D eigenvalue weighted by atomic mass is 16.5.